The standard InChI is InChI=1S/C23H24N2O3/c26-22(24-16-8-17-27-18-14-19-9-3-1-4-10-19)21-13-7-15-25-23(21)28-20-11-5-2-6-12-20/h1-7,9-13,15H,8,14,16-18H2,(H,24,26). The lowest BCUT2D eigenvalue weighted by atomic mass is 10.2. The molecule has 2 aromatic carbocycles. The van der Waals surface area contributed by atoms with Crippen LogP contribution in [0.3, 0.4) is 0 Å². The zero-order valence-corrected chi connectivity index (χ0v) is 15.7. The van der Waals surface area contributed by atoms with Crippen LogP contribution in [0.2, 0.25) is 0 Å². The van der Waals surface area contributed by atoms with Crippen LogP contribution in [0.4, 0.5) is 0 Å². The third-order valence-corrected chi connectivity index (χ3v) is 4.10. The zero-order chi connectivity index (χ0) is 19.4. The normalized spacial score (nSPS) is 10.4. The lowest BCUT2D eigenvalue weighted by Crippen LogP contribution is -2.26. The van der Waals surface area contributed by atoms with Gasteiger partial charge in [0.2, 0.25) is 5.88 Å². The lowest BCUT2D eigenvalue weighted by Gasteiger charge is -2.10. The van der Waals surface area contributed by atoms with E-state index < -0.39 is 0 Å². The van der Waals surface area contributed by atoms with Crippen molar-refractivity contribution in [1.82, 2.24) is 10.3 Å². The first-order chi connectivity index (χ1) is 13.8. The third kappa shape index (κ3) is 6.21. The topological polar surface area (TPSA) is 60.5 Å². The van der Waals surface area contributed by atoms with Crippen LogP contribution < -0.4 is 10.1 Å². The number of nitrogens with zero attached hydrogens (tertiary/aromatic N) is 1. The summed E-state index contributed by atoms with van der Waals surface area (Å²) in [5, 5.41) is 2.89. The average Bonchev–Trinajstić information content (AvgIpc) is 2.75. The molecule has 1 amide bonds. The summed E-state index contributed by atoms with van der Waals surface area (Å²) in [6, 6.07) is 23.0. The maximum Gasteiger partial charge on any atom is 0.256 e. The van der Waals surface area contributed by atoms with Gasteiger partial charge in [0.15, 0.2) is 0 Å². The van der Waals surface area contributed by atoms with Crippen molar-refractivity contribution in [2.45, 2.75) is 12.8 Å². The van der Waals surface area contributed by atoms with Crippen LogP contribution in [0.5, 0.6) is 11.6 Å². The van der Waals surface area contributed by atoms with Gasteiger partial charge >= 0.3 is 0 Å². The van der Waals surface area contributed by atoms with Gasteiger partial charge in [-0.3, -0.25) is 4.79 Å². The van der Waals surface area contributed by atoms with Gasteiger partial charge in [-0.25, -0.2) is 4.98 Å². The highest BCUT2D eigenvalue weighted by Crippen LogP contribution is 2.22. The molecule has 144 valence electrons. The van der Waals surface area contributed by atoms with Gasteiger partial charge in [0.05, 0.1) is 6.61 Å². The molecule has 0 aliphatic rings. The number of carbonyl (C=O) groups is 1. The molecule has 0 unspecified atom stereocenters. The quantitative estimate of drug-likeness (QED) is 0.537. The van der Waals surface area contributed by atoms with Crippen LogP contribution in [0, 0.1) is 0 Å². The van der Waals surface area contributed by atoms with E-state index in [9.17, 15) is 4.79 Å². The van der Waals surface area contributed by atoms with Crippen molar-refractivity contribution >= 4 is 5.91 Å². The van der Waals surface area contributed by atoms with Crippen molar-refractivity contribution in [2.24, 2.45) is 0 Å². The van der Waals surface area contributed by atoms with Crippen molar-refractivity contribution in [3.8, 4) is 11.6 Å². The minimum absolute atomic E-state index is 0.205. The summed E-state index contributed by atoms with van der Waals surface area (Å²) >= 11 is 0. The predicted octanol–water partition coefficient (Wildman–Crippen LogP) is 4.25. The highest BCUT2D eigenvalue weighted by atomic mass is 16.5. The van der Waals surface area contributed by atoms with E-state index in [2.05, 4.69) is 22.4 Å². The van der Waals surface area contributed by atoms with Crippen molar-refractivity contribution in [1.29, 1.82) is 0 Å². The van der Waals surface area contributed by atoms with Gasteiger partial charge < -0.3 is 14.8 Å². The molecule has 0 saturated heterocycles. The number of ether oxygens (including phenoxy) is 2. The van der Waals surface area contributed by atoms with Gasteiger partial charge in [0.25, 0.3) is 5.91 Å². The molecule has 5 nitrogen and oxygen atoms in total. The first-order valence-electron chi connectivity index (χ1n) is 9.41. The van der Waals surface area contributed by atoms with E-state index >= 15 is 0 Å². The summed E-state index contributed by atoms with van der Waals surface area (Å²) in [6.45, 7) is 1.81. The Morgan fingerprint density at radius 2 is 1.64 bits per heavy atom. The molecule has 0 aliphatic heterocycles. The highest BCUT2D eigenvalue weighted by molar-refractivity contribution is 5.96. The SMILES string of the molecule is O=C(NCCCOCCc1ccccc1)c1cccnc1Oc1ccccc1. The summed E-state index contributed by atoms with van der Waals surface area (Å²) in [6.07, 6.45) is 3.24. The Balaban J connectivity index is 1.39. The number of pyridine rings is 1. The maximum atomic E-state index is 12.5. The van der Waals surface area contributed by atoms with Gasteiger partial charge in [0, 0.05) is 19.3 Å². The van der Waals surface area contributed by atoms with Crippen molar-refractivity contribution in [2.75, 3.05) is 19.8 Å². The first-order valence-corrected chi connectivity index (χ1v) is 9.41. The molecule has 0 radical (unpaired) electrons. The smallest absolute Gasteiger partial charge is 0.256 e. The summed E-state index contributed by atoms with van der Waals surface area (Å²) < 4.78 is 11.4. The molecule has 28 heavy (non-hydrogen) atoms. The van der Waals surface area contributed by atoms with Gasteiger partial charge in [-0.15, -0.1) is 0 Å². The van der Waals surface area contributed by atoms with Crippen LogP contribution >= 0.6 is 0 Å². The lowest BCUT2D eigenvalue weighted by molar-refractivity contribution is 0.0939. The Labute approximate surface area is 165 Å². The number of rotatable bonds is 10. The molecular formula is C23H24N2O3. The van der Waals surface area contributed by atoms with Crippen LogP contribution in [-0.2, 0) is 11.2 Å². The van der Waals surface area contributed by atoms with Gasteiger partial charge in [0.1, 0.15) is 11.3 Å². The third-order valence-electron chi connectivity index (χ3n) is 4.10. The fraction of sp³-hybridized carbons (Fsp3) is 0.217. The minimum atomic E-state index is -0.205. The number of amides is 1. The fourth-order valence-electron chi connectivity index (χ4n) is 2.65. The van der Waals surface area contributed by atoms with Crippen LogP contribution in [0.25, 0.3) is 0 Å². The largest absolute Gasteiger partial charge is 0.438 e. The Bertz CT molecular complexity index is 854. The fourth-order valence-corrected chi connectivity index (χ4v) is 2.65. The number of hydrogen-bond acceptors (Lipinski definition) is 4. The van der Waals surface area contributed by atoms with Crippen LogP contribution in [-0.4, -0.2) is 30.6 Å². The monoisotopic (exact) mass is 376 g/mol. The van der Waals surface area contributed by atoms with Gasteiger partial charge in [-0.05, 0) is 42.7 Å². The molecule has 0 fully saturated rings. The molecular weight excluding hydrogens is 352 g/mol. The second-order valence-corrected chi connectivity index (χ2v) is 6.23. The van der Waals surface area contributed by atoms with Crippen molar-refractivity contribution in [3.63, 3.8) is 0 Å². The molecule has 0 bridgehead atoms. The van der Waals surface area contributed by atoms with E-state index in [1.807, 2.05) is 48.5 Å². The van der Waals surface area contributed by atoms with E-state index in [1.165, 1.54) is 5.56 Å². The van der Waals surface area contributed by atoms with Crippen molar-refractivity contribution in [3.05, 3.63) is 90.1 Å². The molecule has 1 heterocycles. The molecule has 0 saturated carbocycles. The number of hydrogen-bond donors (Lipinski definition) is 1. The summed E-state index contributed by atoms with van der Waals surface area (Å²) in [4.78, 5) is 16.6. The Kier molecular flexibility index (Phi) is 7.58. The van der Waals surface area contributed by atoms with Gasteiger partial charge in [-0.2, -0.15) is 0 Å². The van der Waals surface area contributed by atoms with E-state index in [4.69, 9.17) is 9.47 Å². The number of para-hydroxylation sites is 1. The first kappa shape index (κ1) is 19.6. The van der Waals surface area contributed by atoms with Crippen molar-refractivity contribution < 1.29 is 14.3 Å². The molecule has 3 rings (SSSR count). The van der Waals surface area contributed by atoms with Crippen LogP contribution in [0.1, 0.15) is 22.3 Å². The second-order valence-electron chi connectivity index (χ2n) is 6.23. The molecule has 0 aliphatic carbocycles. The predicted molar refractivity (Wildman–Crippen MR) is 109 cm³/mol. The maximum absolute atomic E-state index is 12.5. The zero-order valence-electron chi connectivity index (χ0n) is 15.7. The Hall–Kier alpha value is -3.18. The minimum Gasteiger partial charge on any atom is -0.438 e. The Morgan fingerprint density at radius 3 is 2.43 bits per heavy atom. The molecule has 0 spiro atoms. The second kappa shape index (κ2) is 10.8. The summed E-state index contributed by atoms with van der Waals surface area (Å²) in [7, 11) is 0. The number of benzene rings is 2. The molecule has 3 aromatic rings. The molecule has 0 atom stereocenters. The summed E-state index contributed by atoms with van der Waals surface area (Å²) in [5.74, 6) is 0.732. The highest BCUT2D eigenvalue weighted by Gasteiger charge is 2.13. The molecule has 1 aromatic heterocycles. The van der Waals surface area contributed by atoms with Gasteiger partial charge in [-0.1, -0.05) is 48.5 Å². The van der Waals surface area contributed by atoms with E-state index in [0.717, 1.165) is 12.8 Å². The van der Waals surface area contributed by atoms with Crippen LogP contribution in [0.15, 0.2) is 79.0 Å². The molecule has 5 heteroatoms. The number of aromatic nitrogens is 1. The van der Waals surface area contributed by atoms with E-state index in [1.54, 1.807) is 18.3 Å². The summed E-state index contributed by atoms with van der Waals surface area (Å²) in [5.41, 5.74) is 1.68. The Morgan fingerprint density at radius 1 is 0.893 bits per heavy atom. The van der Waals surface area contributed by atoms with E-state index in [-0.39, 0.29) is 5.91 Å². The number of nitrogens with one attached hydrogen (secondary N) is 1. The number of carbonyl (C=O) groups excluding carboxylic acids is 1. The molecule has 1 N–H and O–H groups in total. The van der Waals surface area contributed by atoms with E-state index in [0.29, 0.717) is 37.0 Å². The average molecular weight is 376 g/mol.